The molecule has 0 radical (unpaired) electrons. The smallest absolute Gasteiger partial charge is 0.107 e. The van der Waals surface area contributed by atoms with E-state index >= 15 is 0 Å². The topological polar surface area (TPSA) is 36.4 Å². The van der Waals surface area contributed by atoms with Gasteiger partial charge in [0.25, 0.3) is 0 Å². The molecule has 1 aromatic heterocycles. The number of nitrogens with zero attached hydrogens (tertiary/aromatic N) is 2. The summed E-state index contributed by atoms with van der Waals surface area (Å²) in [7, 11) is 0. The number of hydrogen-bond donors (Lipinski definition) is 1. The van der Waals surface area contributed by atoms with Crippen molar-refractivity contribution in [1.82, 2.24) is 9.88 Å². The fraction of sp³-hybridized carbons (Fsp3) is 0.750. The second-order valence-electron chi connectivity index (χ2n) is 4.53. The number of aliphatic hydroxyl groups is 1. The second kappa shape index (κ2) is 5.25. The van der Waals surface area contributed by atoms with Crippen LogP contribution >= 0.6 is 11.3 Å². The third-order valence-corrected chi connectivity index (χ3v) is 4.45. The van der Waals surface area contributed by atoms with Gasteiger partial charge in [0.15, 0.2) is 0 Å². The van der Waals surface area contributed by atoms with Crippen LogP contribution in [0.25, 0.3) is 0 Å². The van der Waals surface area contributed by atoms with E-state index in [-0.39, 0.29) is 6.61 Å². The largest absolute Gasteiger partial charge is 0.395 e. The zero-order valence-electron chi connectivity index (χ0n) is 10.1. The molecule has 4 heteroatoms. The Kier molecular flexibility index (Phi) is 3.95. The summed E-state index contributed by atoms with van der Waals surface area (Å²) in [6.45, 7) is 6.12. The summed E-state index contributed by atoms with van der Waals surface area (Å²) in [4.78, 5) is 8.26. The lowest BCUT2D eigenvalue weighted by atomic mass is 9.91. The number of thiazole rings is 1. The Morgan fingerprint density at radius 3 is 2.62 bits per heavy atom. The van der Waals surface area contributed by atoms with Gasteiger partial charge in [-0.05, 0) is 26.7 Å². The van der Waals surface area contributed by atoms with Crippen LogP contribution in [0.15, 0.2) is 0 Å². The van der Waals surface area contributed by atoms with Crippen LogP contribution in [0, 0.1) is 13.8 Å². The third-order valence-electron chi connectivity index (χ3n) is 3.39. The van der Waals surface area contributed by atoms with Crippen LogP contribution in [0.3, 0.4) is 0 Å². The molecule has 3 nitrogen and oxygen atoms in total. The average Bonchev–Trinajstić information content (AvgIpc) is 2.43. The normalized spacial score (nSPS) is 16.8. The highest BCUT2D eigenvalue weighted by Gasteiger charge is 2.25. The number of aromatic nitrogens is 1. The van der Waals surface area contributed by atoms with E-state index < -0.39 is 0 Å². The minimum atomic E-state index is 0.250. The zero-order valence-corrected chi connectivity index (χ0v) is 10.9. The first-order valence-electron chi connectivity index (χ1n) is 5.98. The first kappa shape index (κ1) is 12.0. The molecule has 0 amide bonds. The van der Waals surface area contributed by atoms with Crippen LogP contribution in [0.5, 0.6) is 0 Å². The van der Waals surface area contributed by atoms with Gasteiger partial charge >= 0.3 is 0 Å². The van der Waals surface area contributed by atoms with Crippen molar-refractivity contribution in [2.45, 2.75) is 45.7 Å². The Morgan fingerprint density at radius 1 is 1.44 bits per heavy atom. The van der Waals surface area contributed by atoms with Gasteiger partial charge in [-0.2, -0.15) is 0 Å². The molecule has 0 aliphatic heterocycles. The molecule has 0 aromatic carbocycles. The van der Waals surface area contributed by atoms with Crippen molar-refractivity contribution in [2.24, 2.45) is 0 Å². The molecule has 0 bridgehead atoms. The van der Waals surface area contributed by atoms with Gasteiger partial charge < -0.3 is 5.11 Å². The van der Waals surface area contributed by atoms with E-state index in [1.165, 1.54) is 29.1 Å². The molecule has 1 fully saturated rings. The van der Waals surface area contributed by atoms with E-state index in [1.807, 2.05) is 0 Å². The first-order chi connectivity index (χ1) is 7.70. The van der Waals surface area contributed by atoms with Crippen molar-refractivity contribution < 1.29 is 5.11 Å². The number of rotatable bonds is 5. The van der Waals surface area contributed by atoms with E-state index in [0.29, 0.717) is 6.04 Å². The minimum absolute atomic E-state index is 0.250. The lowest BCUT2D eigenvalue weighted by Gasteiger charge is -2.36. The van der Waals surface area contributed by atoms with Gasteiger partial charge in [0.2, 0.25) is 0 Å². The molecule has 0 saturated heterocycles. The van der Waals surface area contributed by atoms with Gasteiger partial charge in [0.1, 0.15) is 5.01 Å². The molecular formula is C12H20N2OS. The van der Waals surface area contributed by atoms with Crippen LogP contribution in [-0.2, 0) is 6.54 Å². The van der Waals surface area contributed by atoms with Gasteiger partial charge in [-0.1, -0.05) is 6.42 Å². The summed E-state index contributed by atoms with van der Waals surface area (Å²) in [6, 6.07) is 0.677. The van der Waals surface area contributed by atoms with Crippen LogP contribution in [-0.4, -0.2) is 34.2 Å². The molecule has 1 aromatic rings. The Hall–Kier alpha value is -0.450. The summed E-state index contributed by atoms with van der Waals surface area (Å²) < 4.78 is 0. The van der Waals surface area contributed by atoms with E-state index in [2.05, 4.69) is 23.7 Å². The molecule has 0 atom stereocenters. The van der Waals surface area contributed by atoms with Crippen LogP contribution in [0.4, 0.5) is 0 Å². The number of hydrogen-bond acceptors (Lipinski definition) is 4. The average molecular weight is 240 g/mol. The second-order valence-corrected chi connectivity index (χ2v) is 5.82. The van der Waals surface area contributed by atoms with Crippen LogP contribution in [0.1, 0.15) is 34.8 Å². The SMILES string of the molecule is Cc1nc(CN(CCO)C2CCC2)sc1C. The number of aryl methyl sites for hydroxylation is 2. The standard InChI is InChI=1S/C12H20N2OS/c1-9-10(2)16-12(13-9)8-14(6-7-15)11-4-3-5-11/h11,15H,3-8H2,1-2H3. The number of aliphatic hydroxyl groups excluding tert-OH is 1. The molecule has 1 aliphatic carbocycles. The zero-order chi connectivity index (χ0) is 11.5. The fourth-order valence-electron chi connectivity index (χ4n) is 2.05. The molecule has 0 spiro atoms. The molecule has 2 rings (SSSR count). The van der Waals surface area contributed by atoms with Gasteiger partial charge in [0, 0.05) is 17.5 Å². The van der Waals surface area contributed by atoms with Crippen molar-refractivity contribution in [3.05, 3.63) is 15.6 Å². The Morgan fingerprint density at radius 2 is 2.19 bits per heavy atom. The molecule has 1 saturated carbocycles. The van der Waals surface area contributed by atoms with Gasteiger partial charge in [0.05, 0.1) is 18.8 Å². The van der Waals surface area contributed by atoms with Crippen molar-refractivity contribution >= 4 is 11.3 Å². The van der Waals surface area contributed by atoms with Crippen molar-refractivity contribution in [3.8, 4) is 0 Å². The van der Waals surface area contributed by atoms with E-state index in [1.54, 1.807) is 11.3 Å². The molecule has 90 valence electrons. The van der Waals surface area contributed by atoms with Gasteiger partial charge in [-0.25, -0.2) is 4.98 Å². The maximum absolute atomic E-state index is 9.08. The molecule has 1 N–H and O–H groups in total. The Balaban J connectivity index is 1.98. The van der Waals surface area contributed by atoms with E-state index in [9.17, 15) is 0 Å². The summed E-state index contributed by atoms with van der Waals surface area (Å²) >= 11 is 1.79. The quantitative estimate of drug-likeness (QED) is 0.856. The molecular weight excluding hydrogens is 220 g/mol. The summed E-state index contributed by atoms with van der Waals surface area (Å²) in [5.41, 5.74) is 1.15. The summed E-state index contributed by atoms with van der Waals surface area (Å²) in [5.74, 6) is 0. The highest BCUT2D eigenvalue weighted by molar-refractivity contribution is 7.11. The fourth-order valence-corrected chi connectivity index (χ4v) is 3.01. The summed E-state index contributed by atoms with van der Waals surface area (Å²) in [5, 5.41) is 10.3. The maximum atomic E-state index is 9.08. The highest BCUT2D eigenvalue weighted by Crippen LogP contribution is 2.27. The van der Waals surface area contributed by atoms with Crippen molar-refractivity contribution in [1.29, 1.82) is 0 Å². The predicted molar refractivity (Wildman–Crippen MR) is 66.7 cm³/mol. The van der Waals surface area contributed by atoms with Gasteiger partial charge in [-0.15, -0.1) is 11.3 Å². The Bertz CT molecular complexity index is 327. The van der Waals surface area contributed by atoms with Crippen molar-refractivity contribution in [2.75, 3.05) is 13.2 Å². The molecule has 1 heterocycles. The van der Waals surface area contributed by atoms with Crippen LogP contribution < -0.4 is 0 Å². The first-order valence-corrected chi connectivity index (χ1v) is 6.80. The van der Waals surface area contributed by atoms with Crippen LogP contribution in [0.2, 0.25) is 0 Å². The minimum Gasteiger partial charge on any atom is -0.395 e. The predicted octanol–water partition coefficient (Wildman–Crippen LogP) is 2.11. The molecule has 0 unspecified atom stereocenters. The maximum Gasteiger partial charge on any atom is 0.107 e. The monoisotopic (exact) mass is 240 g/mol. The highest BCUT2D eigenvalue weighted by atomic mass is 32.1. The van der Waals surface area contributed by atoms with E-state index in [4.69, 9.17) is 5.11 Å². The molecule has 16 heavy (non-hydrogen) atoms. The molecule has 1 aliphatic rings. The summed E-state index contributed by atoms with van der Waals surface area (Å²) in [6.07, 6.45) is 3.90. The van der Waals surface area contributed by atoms with E-state index in [0.717, 1.165) is 18.8 Å². The lowest BCUT2D eigenvalue weighted by Crippen LogP contribution is -2.41. The third kappa shape index (κ3) is 2.62. The van der Waals surface area contributed by atoms with Gasteiger partial charge in [-0.3, -0.25) is 4.90 Å². The lowest BCUT2D eigenvalue weighted by molar-refractivity contribution is 0.0944. The Labute approximate surface area is 101 Å². The van der Waals surface area contributed by atoms with Crippen molar-refractivity contribution in [3.63, 3.8) is 0 Å².